The van der Waals surface area contributed by atoms with Crippen molar-refractivity contribution < 1.29 is 32.6 Å². The summed E-state index contributed by atoms with van der Waals surface area (Å²) in [6.07, 6.45) is -4.46. The highest BCUT2D eigenvalue weighted by Crippen LogP contribution is 2.34. The maximum Gasteiger partial charge on any atom is 0.427 e. The van der Waals surface area contributed by atoms with Crippen LogP contribution >= 0.6 is 15.9 Å². The lowest BCUT2D eigenvalue weighted by Crippen LogP contribution is -2.28. The van der Waals surface area contributed by atoms with Crippen LogP contribution < -0.4 is 4.90 Å². The molecule has 1 aliphatic rings. The van der Waals surface area contributed by atoms with Crippen molar-refractivity contribution in [3.63, 3.8) is 0 Å². The lowest BCUT2D eigenvalue weighted by Gasteiger charge is -2.13. The molecule has 5 nitrogen and oxygen atoms in total. The van der Waals surface area contributed by atoms with E-state index in [9.17, 15) is 27.9 Å². The van der Waals surface area contributed by atoms with E-state index in [1.54, 1.807) is 0 Å². The van der Waals surface area contributed by atoms with Gasteiger partial charge in [-0.15, -0.1) is 0 Å². The number of phenolic OH excluding ortho intramolecular Hbond substituents is 1. The molecule has 1 heterocycles. The molecule has 0 unspecified atom stereocenters. The number of rotatable bonds is 2. The number of nitrogens with zero attached hydrogens (tertiary/aromatic N) is 1. The molecule has 2 amide bonds. The number of benzene rings is 2. The van der Waals surface area contributed by atoms with E-state index in [4.69, 9.17) is 4.74 Å². The van der Waals surface area contributed by atoms with Gasteiger partial charge in [-0.25, -0.2) is 9.69 Å². The third kappa shape index (κ3) is 3.43. The number of imide groups is 1. The van der Waals surface area contributed by atoms with Crippen molar-refractivity contribution in [2.45, 2.75) is 6.18 Å². The monoisotopic (exact) mass is 427 g/mol. The highest BCUT2D eigenvalue weighted by atomic mass is 79.9. The molecule has 2 aromatic carbocycles. The number of ether oxygens (including phenoxy) is 1. The first-order valence-corrected chi connectivity index (χ1v) is 7.90. The summed E-state index contributed by atoms with van der Waals surface area (Å²) < 4.78 is 43.7. The number of carbonyl (C=O) groups excluding carboxylic acids is 2. The molecular weight excluding hydrogens is 419 g/mol. The van der Waals surface area contributed by atoms with Crippen molar-refractivity contribution in [3.8, 4) is 5.75 Å². The van der Waals surface area contributed by atoms with Crippen molar-refractivity contribution in [1.82, 2.24) is 0 Å². The number of phenols is 1. The van der Waals surface area contributed by atoms with Crippen molar-refractivity contribution >= 4 is 39.7 Å². The van der Waals surface area contributed by atoms with Gasteiger partial charge < -0.3 is 9.84 Å². The minimum atomic E-state index is -4.61. The molecule has 134 valence electrons. The highest BCUT2D eigenvalue weighted by molar-refractivity contribution is 9.10. The number of halogens is 4. The van der Waals surface area contributed by atoms with Crippen LogP contribution in [0.4, 0.5) is 23.7 Å². The molecule has 0 atom stereocenters. The van der Waals surface area contributed by atoms with Gasteiger partial charge in [-0.05, 0) is 57.9 Å². The molecule has 0 radical (unpaired) electrons. The smallest absolute Gasteiger partial charge is 0.427 e. The number of aromatic hydroxyl groups is 1. The topological polar surface area (TPSA) is 66.8 Å². The molecule has 26 heavy (non-hydrogen) atoms. The Morgan fingerprint density at radius 1 is 1.12 bits per heavy atom. The Hall–Kier alpha value is -2.81. The Morgan fingerprint density at radius 3 is 2.50 bits per heavy atom. The number of carbonyl (C=O) groups is 2. The zero-order valence-electron chi connectivity index (χ0n) is 12.7. The number of hydrogen-bond acceptors (Lipinski definition) is 4. The number of hydrogen-bond donors (Lipinski definition) is 1. The molecule has 1 N–H and O–H groups in total. The Bertz CT molecular complexity index is 940. The van der Waals surface area contributed by atoms with Crippen LogP contribution in [0.1, 0.15) is 11.1 Å². The highest BCUT2D eigenvalue weighted by Gasteiger charge is 2.39. The van der Waals surface area contributed by atoms with E-state index in [1.165, 1.54) is 30.3 Å². The van der Waals surface area contributed by atoms with Crippen LogP contribution in [0.3, 0.4) is 0 Å². The van der Waals surface area contributed by atoms with Crippen molar-refractivity contribution in [2.75, 3.05) is 4.90 Å². The van der Waals surface area contributed by atoms with Gasteiger partial charge in [0.25, 0.3) is 0 Å². The summed E-state index contributed by atoms with van der Waals surface area (Å²) in [5.41, 5.74) is -0.794. The average molecular weight is 428 g/mol. The maximum atomic E-state index is 12.8. The number of alkyl halides is 3. The summed E-state index contributed by atoms with van der Waals surface area (Å²) >= 11 is 3.11. The largest absolute Gasteiger partial charge is 0.507 e. The molecule has 0 aromatic heterocycles. The van der Waals surface area contributed by atoms with E-state index in [0.717, 1.165) is 12.1 Å². The molecule has 0 spiro atoms. The van der Waals surface area contributed by atoms with Crippen LogP contribution in [0.5, 0.6) is 5.75 Å². The van der Waals surface area contributed by atoms with E-state index in [0.29, 0.717) is 21.0 Å². The molecule has 1 aliphatic heterocycles. The fourth-order valence-electron chi connectivity index (χ4n) is 2.28. The van der Waals surface area contributed by atoms with Crippen LogP contribution in [-0.4, -0.2) is 17.1 Å². The summed E-state index contributed by atoms with van der Waals surface area (Å²) in [6.45, 7) is 0. The van der Waals surface area contributed by atoms with E-state index in [1.807, 2.05) is 0 Å². The number of amides is 2. The first-order valence-electron chi connectivity index (χ1n) is 7.10. The fourth-order valence-corrected chi connectivity index (χ4v) is 2.67. The Kier molecular flexibility index (Phi) is 4.49. The summed E-state index contributed by atoms with van der Waals surface area (Å²) in [4.78, 5) is 24.9. The first-order chi connectivity index (χ1) is 12.2. The van der Waals surface area contributed by atoms with Crippen LogP contribution in [0, 0.1) is 0 Å². The number of cyclic esters (lactones) is 1. The molecule has 3 rings (SSSR count). The van der Waals surface area contributed by atoms with Gasteiger partial charge in [0.1, 0.15) is 5.75 Å². The minimum Gasteiger partial charge on any atom is -0.507 e. The quantitative estimate of drug-likeness (QED) is 0.705. The SMILES string of the molecule is O=C1OC(=Cc2ccc(O)c(Br)c2)C(=O)N1c1cccc(C(F)(F)F)c1. The summed E-state index contributed by atoms with van der Waals surface area (Å²) in [6, 6.07) is 8.14. The molecule has 1 saturated heterocycles. The molecule has 0 saturated carbocycles. The van der Waals surface area contributed by atoms with Gasteiger partial charge in [-0.3, -0.25) is 4.79 Å². The lowest BCUT2D eigenvalue weighted by molar-refractivity contribution is -0.137. The predicted octanol–water partition coefficient (Wildman–Crippen LogP) is 4.70. The van der Waals surface area contributed by atoms with Gasteiger partial charge in [0.2, 0.25) is 0 Å². The van der Waals surface area contributed by atoms with Crippen molar-refractivity contribution in [2.24, 2.45) is 0 Å². The van der Waals surface area contributed by atoms with E-state index >= 15 is 0 Å². The van der Waals surface area contributed by atoms with Crippen molar-refractivity contribution in [3.05, 3.63) is 63.8 Å². The van der Waals surface area contributed by atoms with Crippen LogP contribution in [-0.2, 0) is 15.7 Å². The van der Waals surface area contributed by atoms with Gasteiger partial charge in [-0.1, -0.05) is 12.1 Å². The Balaban J connectivity index is 1.94. The Morgan fingerprint density at radius 2 is 1.85 bits per heavy atom. The molecule has 0 bridgehead atoms. The van der Waals surface area contributed by atoms with E-state index in [2.05, 4.69) is 15.9 Å². The van der Waals surface area contributed by atoms with Crippen LogP contribution in [0.25, 0.3) is 6.08 Å². The van der Waals surface area contributed by atoms with Gasteiger partial charge in [0.05, 0.1) is 15.7 Å². The zero-order valence-corrected chi connectivity index (χ0v) is 14.3. The average Bonchev–Trinajstić information content (AvgIpc) is 2.84. The normalized spacial score (nSPS) is 16.3. The van der Waals surface area contributed by atoms with Crippen LogP contribution in [0.15, 0.2) is 52.7 Å². The Labute approximate surface area is 153 Å². The lowest BCUT2D eigenvalue weighted by atomic mass is 10.1. The summed E-state index contributed by atoms with van der Waals surface area (Å²) in [5, 5.41) is 9.46. The predicted molar refractivity (Wildman–Crippen MR) is 89.2 cm³/mol. The molecular formula is C17H9BrF3NO4. The summed E-state index contributed by atoms with van der Waals surface area (Å²) in [5.74, 6) is -1.25. The molecule has 1 fully saturated rings. The second-order valence-electron chi connectivity index (χ2n) is 5.28. The van der Waals surface area contributed by atoms with Gasteiger partial charge >= 0.3 is 18.2 Å². The minimum absolute atomic E-state index is 0.0208. The van der Waals surface area contributed by atoms with Gasteiger partial charge in [0, 0.05) is 0 Å². The summed E-state index contributed by atoms with van der Waals surface area (Å²) in [7, 11) is 0. The molecule has 9 heteroatoms. The molecule has 2 aromatic rings. The van der Waals surface area contributed by atoms with Gasteiger partial charge in [0.15, 0.2) is 5.76 Å². The first kappa shape index (κ1) is 18.0. The third-order valence-electron chi connectivity index (χ3n) is 3.49. The van der Waals surface area contributed by atoms with Gasteiger partial charge in [-0.2, -0.15) is 13.2 Å². The second kappa shape index (κ2) is 6.49. The third-order valence-corrected chi connectivity index (χ3v) is 4.13. The second-order valence-corrected chi connectivity index (χ2v) is 6.13. The van der Waals surface area contributed by atoms with Crippen LogP contribution in [0.2, 0.25) is 0 Å². The van der Waals surface area contributed by atoms with E-state index < -0.39 is 23.7 Å². The maximum absolute atomic E-state index is 12.8. The number of anilines is 1. The standard InChI is InChI=1S/C17H9BrF3NO4/c18-12-6-9(4-5-13(12)23)7-14-15(24)22(16(25)26-14)11-3-1-2-10(8-11)17(19,20)21/h1-8,23H. The van der Waals surface area contributed by atoms with Crippen molar-refractivity contribution in [1.29, 1.82) is 0 Å². The molecule has 0 aliphatic carbocycles. The zero-order chi connectivity index (χ0) is 19.1. The fraction of sp³-hybridized carbons (Fsp3) is 0.0588. The van der Waals surface area contributed by atoms with E-state index in [-0.39, 0.29) is 17.2 Å².